The van der Waals surface area contributed by atoms with Gasteiger partial charge in [-0.05, 0) is 44.1 Å². The third kappa shape index (κ3) is 5.30. The Morgan fingerprint density at radius 1 is 1.03 bits per heavy atom. The van der Waals surface area contributed by atoms with Crippen LogP contribution in [0, 0.1) is 0 Å². The Morgan fingerprint density at radius 2 is 1.81 bits per heavy atom. The number of piperidine rings is 1. The molecular weight excluding hydrogens is 385 g/mol. The fourth-order valence-electron chi connectivity index (χ4n) is 3.87. The van der Waals surface area contributed by atoms with Crippen molar-refractivity contribution < 1.29 is 4.79 Å². The van der Waals surface area contributed by atoms with Crippen LogP contribution in [0.2, 0.25) is 0 Å². The van der Waals surface area contributed by atoms with Crippen LogP contribution in [-0.2, 0) is 4.79 Å². The van der Waals surface area contributed by atoms with Crippen LogP contribution in [0.25, 0.3) is 11.3 Å². The largest absolute Gasteiger partial charge is 0.378 e. The maximum Gasteiger partial charge on any atom is 0.293 e. The van der Waals surface area contributed by atoms with E-state index in [0.717, 1.165) is 66.4 Å². The summed E-state index contributed by atoms with van der Waals surface area (Å²) in [5, 5.41) is 3.48. The number of nitrogens with zero attached hydrogens (tertiary/aromatic N) is 4. The number of carbonyl (C=O) groups is 1. The summed E-state index contributed by atoms with van der Waals surface area (Å²) < 4.78 is 0. The maximum atomic E-state index is 10.8. The SMILES string of the molecule is CN(C)c1cccc(Nc2cc(-c3ccccc3)nc(C3CCN([B]C=O)CC3)n2)c1. The first-order valence-electron chi connectivity index (χ1n) is 10.6. The van der Waals surface area contributed by atoms with Crippen molar-refractivity contribution in [3.63, 3.8) is 0 Å². The molecule has 0 aliphatic carbocycles. The molecule has 157 valence electrons. The molecule has 0 bridgehead atoms. The number of hydrogen-bond acceptors (Lipinski definition) is 6. The summed E-state index contributed by atoms with van der Waals surface area (Å²) in [5.74, 6) is 1.92. The average molecular weight is 412 g/mol. The lowest BCUT2D eigenvalue weighted by atomic mass is 9.87. The molecule has 1 N–H and O–H groups in total. The number of rotatable bonds is 7. The monoisotopic (exact) mass is 412 g/mol. The van der Waals surface area contributed by atoms with E-state index in [1.54, 1.807) is 7.41 Å². The van der Waals surface area contributed by atoms with Crippen LogP contribution in [-0.4, -0.2) is 55.6 Å². The summed E-state index contributed by atoms with van der Waals surface area (Å²) in [4.78, 5) is 24.7. The van der Waals surface area contributed by atoms with E-state index in [1.807, 2.05) is 50.5 Å². The highest BCUT2D eigenvalue weighted by Gasteiger charge is 2.24. The van der Waals surface area contributed by atoms with Crippen molar-refractivity contribution in [1.82, 2.24) is 14.8 Å². The summed E-state index contributed by atoms with van der Waals surface area (Å²) in [7, 11) is 5.69. The van der Waals surface area contributed by atoms with Gasteiger partial charge in [-0.15, -0.1) is 0 Å². The van der Waals surface area contributed by atoms with Crippen LogP contribution in [0.5, 0.6) is 0 Å². The first-order valence-corrected chi connectivity index (χ1v) is 10.6. The van der Waals surface area contributed by atoms with Crippen molar-refractivity contribution in [3.8, 4) is 11.3 Å². The average Bonchev–Trinajstić information content (AvgIpc) is 2.80. The topological polar surface area (TPSA) is 61.4 Å². The lowest BCUT2D eigenvalue weighted by Gasteiger charge is -2.30. The van der Waals surface area contributed by atoms with Gasteiger partial charge in [-0.25, -0.2) is 9.97 Å². The minimum absolute atomic E-state index is 0.272. The zero-order chi connectivity index (χ0) is 21.6. The molecule has 0 atom stereocenters. The van der Waals surface area contributed by atoms with E-state index in [0.29, 0.717) is 0 Å². The molecule has 0 unspecified atom stereocenters. The van der Waals surface area contributed by atoms with Crippen molar-refractivity contribution >= 4 is 30.8 Å². The van der Waals surface area contributed by atoms with Gasteiger partial charge in [0, 0.05) is 43.0 Å². The van der Waals surface area contributed by atoms with Crippen molar-refractivity contribution in [1.29, 1.82) is 0 Å². The van der Waals surface area contributed by atoms with Crippen LogP contribution in [0.3, 0.4) is 0 Å². The quantitative estimate of drug-likeness (QED) is 0.469. The smallest absolute Gasteiger partial charge is 0.293 e. The predicted octanol–water partition coefficient (Wildman–Crippen LogP) is 3.94. The van der Waals surface area contributed by atoms with Crippen molar-refractivity contribution in [3.05, 3.63) is 66.5 Å². The Morgan fingerprint density at radius 3 is 2.52 bits per heavy atom. The zero-order valence-corrected chi connectivity index (χ0v) is 18.0. The molecule has 0 saturated carbocycles. The summed E-state index contributed by atoms with van der Waals surface area (Å²) in [6.45, 7) is 1.69. The van der Waals surface area contributed by atoms with Crippen LogP contribution in [0.4, 0.5) is 17.2 Å². The van der Waals surface area contributed by atoms with Gasteiger partial charge in [0.2, 0.25) is 0 Å². The molecular formula is C24H27BN5O. The van der Waals surface area contributed by atoms with E-state index in [4.69, 9.17) is 9.97 Å². The van der Waals surface area contributed by atoms with Crippen LogP contribution in [0.1, 0.15) is 24.6 Å². The highest BCUT2D eigenvalue weighted by Crippen LogP contribution is 2.30. The van der Waals surface area contributed by atoms with Crippen LogP contribution < -0.4 is 10.2 Å². The zero-order valence-electron chi connectivity index (χ0n) is 18.0. The molecule has 4 rings (SSSR count). The fraction of sp³-hybridized carbons (Fsp3) is 0.292. The van der Waals surface area contributed by atoms with Gasteiger partial charge in [-0.2, -0.15) is 0 Å². The number of anilines is 3. The number of aromatic nitrogens is 2. The molecule has 3 aromatic rings. The lowest BCUT2D eigenvalue weighted by Crippen LogP contribution is -2.36. The Balaban J connectivity index is 1.64. The molecule has 7 heteroatoms. The van der Waals surface area contributed by atoms with E-state index >= 15 is 0 Å². The highest BCUT2D eigenvalue weighted by molar-refractivity contribution is 6.64. The summed E-state index contributed by atoms with van der Waals surface area (Å²) >= 11 is 0. The molecule has 1 saturated heterocycles. The molecule has 1 radical (unpaired) electrons. The molecule has 0 spiro atoms. The standard InChI is InChI=1S/C24H27BN5O/c1-29(2)21-10-6-9-20(15-21)26-23-16-22(18-7-4-3-5-8-18)27-24(28-23)19-11-13-30(14-12-19)25-17-31/h3-10,15-17,19H,11-14H2,1-2H3,(H,26,27,28). The molecule has 1 fully saturated rings. The summed E-state index contributed by atoms with van der Waals surface area (Å²) in [6, 6.07) is 20.5. The molecule has 2 aromatic carbocycles. The second kappa shape index (κ2) is 9.75. The molecule has 0 amide bonds. The maximum absolute atomic E-state index is 10.8. The number of carbonyl (C=O) groups excluding carboxylic acids is 1. The molecule has 1 aliphatic heterocycles. The van der Waals surface area contributed by atoms with Gasteiger partial charge >= 0.3 is 0 Å². The van der Waals surface area contributed by atoms with Gasteiger partial charge in [-0.3, -0.25) is 0 Å². The Labute approximate surface area is 184 Å². The number of benzene rings is 2. The Kier molecular flexibility index (Phi) is 6.62. The Hall–Kier alpha value is -3.19. The fourth-order valence-corrected chi connectivity index (χ4v) is 3.87. The van der Waals surface area contributed by atoms with Crippen molar-refractivity contribution in [2.24, 2.45) is 0 Å². The molecule has 6 nitrogen and oxygen atoms in total. The minimum atomic E-state index is 0.272. The third-order valence-electron chi connectivity index (χ3n) is 5.61. The van der Waals surface area contributed by atoms with Gasteiger partial charge in [-0.1, -0.05) is 36.4 Å². The van der Waals surface area contributed by atoms with E-state index in [-0.39, 0.29) is 5.92 Å². The van der Waals surface area contributed by atoms with Gasteiger partial charge in [0.15, 0.2) is 0 Å². The van der Waals surface area contributed by atoms with Gasteiger partial charge in [0.1, 0.15) is 11.6 Å². The van der Waals surface area contributed by atoms with Crippen LogP contribution >= 0.6 is 0 Å². The molecule has 31 heavy (non-hydrogen) atoms. The lowest BCUT2D eigenvalue weighted by molar-refractivity contribution is 0.324. The van der Waals surface area contributed by atoms with Gasteiger partial charge in [0.05, 0.1) is 11.9 Å². The van der Waals surface area contributed by atoms with E-state index in [9.17, 15) is 4.79 Å². The second-order valence-electron chi connectivity index (χ2n) is 8.03. The van der Waals surface area contributed by atoms with Gasteiger partial charge in [0.25, 0.3) is 7.41 Å². The van der Waals surface area contributed by atoms with E-state index in [1.165, 1.54) is 0 Å². The predicted molar refractivity (Wildman–Crippen MR) is 128 cm³/mol. The van der Waals surface area contributed by atoms with Crippen LogP contribution in [0.15, 0.2) is 60.7 Å². The second-order valence-corrected chi connectivity index (χ2v) is 8.03. The normalized spacial score (nSPS) is 14.8. The van der Waals surface area contributed by atoms with Gasteiger partial charge < -0.3 is 19.8 Å². The molecule has 2 heterocycles. The van der Waals surface area contributed by atoms with Crippen molar-refractivity contribution in [2.45, 2.75) is 18.8 Å². The molecule has 1 aromatic heterocycles. The summed E-state index contributed by atoms with van der Waals surface area (Å²) in [6.07, 6.45) is 2.72. The third-order valence-corrected chi connectivity index (χ3v) is 5.61. The van der Waals surface area contributed by atoms with E-state index in [2.05, 4.69) is 39.3 Å². The summed E-state index contributed by atoms with van der Waals surface area (Å²) in [5.41, 5.74) is 4.10. The highest BCUT2D eigenvalue weighted by atomic mass is 16.1. The number of hydrogen-bond donors (Lipinski definition) is 1. The van der Waals surface area contributed by atoms with Crippen molar-refractivity contribution in [2.75, 3.05) is 37.4 Å². The molecule has 1 aliphatic rings. The Bertz CT molecular complexity index is 1020. The number of nitrogens with one attached hydrogen (secondary N) is 1. The minimum Gasteiger partial charge on any atom is -0.378 e. The van der Waals surface area contributed by atoms with E-state index < -0.39 is 0 Å². The first-order chi connectivity index (χ1) is 15.1. The first kappa shape index (κ1) is 21.1.